The number of carboxylic acid groups (broad SMARTS) is 1. The number of carbonyl (C=O) groups is 2. The molecule has 2 aromatic carbocycles. The fraction of sp³-hybridized carbons (Fsp3) is 0.167. The zero-order valence-electron chi connectivity index (χ0n) is 19.8. The zero-order chi connectivity index (χ0) is 26.7. The van der Waals surface area contributed by atoms with Crippen LogP contribution in [-0.4, -0.2) is 43.2 Å². The van der Waals surface area contributed by atoms with Crippen LogP contribution in [0.1, 0.15) is 36.1 Å². The number of nitrogens with one attached hydrogen (secondary N) is 3. The summed E-state index contributed by atoms with van der Waals surface area (Å²) >= 11 is 6.36. The number of anilines is 3. The van der Waals surface area contributed by atoms with Crippen molar-refractivity contribution in [3.63, 3.8) is 0 Å². The summed E-state index contributed by atoms with van der Waals surface area (Å²) in [5.41, 5.74) is 6.20. The van der Waals surface area contributed by atoms with Gasteiger partial charge in [-0.15, -0.1) is 0 Å². The van der Waals surface area contributed by atoms with Gasteiger partial charge in [0, 0.05) is 12.2 Å². The number of nitrogen functional groups attached to an aromatic ring is 1. The van der Waals surface area contributed by atoms with Crippen LogP contribution in [0.15, 0.2) is 53.6 Å². The van der Waals surface area contributed by atoms with Gasteiger partial charge in [-0.1, -0.05) is 23.7 Å². The molecule has 0 saturated heterocycles. The van der Waals surface area contributed by atoms with E-state index in [2.05, 4.69) is 30.9 Å². The molecular formula is C24H23ClN8O4. The summed E-state index contributed by atoms with van der Waals surface area (Å²) < 4.78 is 1.35. The number of hydrogen-bond donors (Lipinski definition) is 5. The lowest BCUT2D eigenvalue weighted by molar-refractivity contribution is 0.0698. The number of benzene rings is 2. The lowest BCUT2D eigenvalue weighted by atomic mass is 10.2. The van der Waals surface area contributed by atoms with Gasteiger partial charge in [-0.2, -0.15) is 0 Å². The number of carboxylic acids is 1. The van der Waals surface area contributed by atoms with E-state index in [0.717, 1.165) is 6.33 Å². The van der Waals surface area contributed by atoms with Crippen molar-refractivity contribution >= 4 is 51.8 Å². The Kier molecular flexibility index (Phi) is 7.20. The summed E-state index contributed by atoms with van der Waals surface area (Å²) in [6, 6.07) is 10.4. The Morgan fingerprint density at radius 1 is 1.19 bits per heavy atom. The van der Waals surface area contributed by atoms with E-state index in [1.165, 1.54) is 4.57 Å². The molecule has 1 unspecified atom stereocenters. The molecule has 0 spiro atoms. The highest BCUT2D eigenvalue weighted by atomic mass is 35.5. The van der Waals surface area contributed by atoms with E-state index in [9.17, 15) is 19.5 Å². The van der Waals surface area contributed by atoms with Crippen LogP contribution in [0.25, 0.3) is 16.6 Å². The van der Waals surface area contributed by atoms with E-state index in [-0.39, 0.29) is 33.4 Å². The Morgan fingerprint density at radius 3 is 2.68 bits per heavy atom. The number of amides is 2. The van der Waals surface area contributed by atoms with Crippen LogP contribution in [0.4, 0.5) is 22.1 Å². The summed E-state index contributed by atoms with van der Waals surface area (Å²) in [6.45, 7) is 3.93. The fourth-order valence-electron chi connectivity index (χ4n) is 3.79. The van der Waals surface area contributed by atoms with Crippen LogP contribution in [0, 0.1) is 0 Å². The standard InChI is InChI=1S/C24H23ClN8O4/c1-3-27-24(37)31-13-6-4-7-14(10-13)33-21(32-16-9-5-8-15(25)17(16)22(33)34)12(2)30-20-18(23(35)36)19(26)28-11-29-20/h4-12H,3H2,1-2H3,(H,35,36)(H2,27,31,37)(H3,26,28,29,30). The highest BCUT2D eigenvalue weighted by Crippen LogP contribution is 2.27. The Bertz CT molecular complexity index is 1570. The molecule has 190 valence electrons. The maximum absolute atomic E-state index is 13.8. The van der Waals surface area contributed by atoms with Crippen molar-refractivity contribution in [2.75, 3.05) is 22.9 Å². The SMILES string of the molecule is CCNC(=O)Nc1cccc(-n2c(C(C)Nc3ncnc(N)c3C(=O)O)nc3cccc(Cl)c3c2=O)c1. The predicted octanol–water partition coefficient (Wildman–Crippen LogP) is 3.42. The van der Waals surface area contributed by atoms with E-state index in [4.69, 9.17) is 17.3 Å². The van der Waals surface area contributed by atoms with Gasteiger partial charge in [0.05, 0.1) is 27.7 Å². The molecule has 0 aliphatic rings. The number of urea groups is 1. The number of nitrogens with zero attached hydrogens (tertiary/aromatic N) is 4. The maximum Gasteiger partial charge on any atom is 0.343 e. The molecule has 0 saturated carbocycles. The minimum atomic E-state index is -1.31. The monoisotopic (exact) mass is 522 g/mol. The third kappa shape index (κ3) is 5.14. The molecule has 0 bridgehead atoms. The zero-order valence-corrected chi connectivity index (χ0v) is 20.6. The van der Waals surface area contributed by atoms with Gasteiger partial charge in [-0.25, -0.2) is 24.5 Å². The molecule has 2 heterocycles. The summed E-state index contributed by atoms with van der Waals surface area (Å²) in [4.78, 5) is 50.0. The lowest BCUT2D eigenvalue weighted by Crippen LogP contribution is -2.29. The van der Waals surface area contributed by atoms with Gasteiger partial charge in [0.2, 0.25) is 0 Å². The van der Waals surface area contributed by atoms with Gasteiger partial charge in [0.1, 0.15) is 29.4 Å². The molecule has 37 heavy (non-hydrogen) atoms. The molecule has 12 nitrogen and oxygen atoms in total. The predicted molar refractivity (Wildman–Crippen MR) is 140 cm³/mol. The van der Waals surface area contributed by atoms with Crippen LogP contribution < -0.4 is 27.2 Å². The molecule has 0 aliphatic heterocycles. The third-order valence-corrected chi connectivity index (χ3v) is 5.72. The Labute approximate surface area is 215 Å². The van der Waals surface area contributed by atoms with E-state index in [0.29, 0.717) is 23.4 Å². The molecule has 1 atom stereocenters. The second kappa shape index (κ2) is 10.5. The highest BCUT2D eigenvalue weighted by molar-refractivity contribution is 6.35. The summed E-state index contributed by atoms with van der Waals surface area (Å²) in [7, 11) is 0. The van der Waals surface area contributed by atoms with Crippen molar-refractivity contribution in [2.45, 2.75) is 19.9 Å². The van der Waals surface area contributed by atoms with Crippen molar-refractivity contribution in [1.29, 1.82) is 0 Å². The molecule has 4 aromatic rings. The summed E-state index contributed by atoms with van der Waals surface area (Å²) in [5.74, 6) is -1.32. The van der Waals surface area contributed by atoms with Crippen LogP contribution in [0.5, 0.6) is 0 Å². The maximum atomic E-state index is 13.8. The van der Waals surface area contributed by atoms with Crippen molar-refractivity contribution < 1.29 is 14.7 Å². The second-order valence-corrected chi connectivity index (χ2v) is 8.34. The molecule has 2 amide bonds. The highest BCUT2D eigenvalue weighted by Gasteiger charge is 2.23. The molecule has 0 fully saturated rings. The minimum Gasteiger partial charge on any atom is -0.477 e. The quantitative estimate of drug-likeness (QED) is 0.243. The average Bonchev–Trinajstić information content (AvgIpc) is 2.84. The van der Waals surface area contributed by atoms with Crippen LogP contribution in [-0.2, 0) is 0 Å². The number of nitrogens with two attached hydrogens (primary N) is 1. The van der Waals surface area contributed by atoms with Crippen molar-refractivity contribution in [3.8, 4) is 5.69 Å². The number of hydrogen-bond acceptors (Lipinski definition) is 8. The van der Waals surface area contributed by atoms with Crippen LogP contribution in [0.2, 0.25) is 5.02 Å². The number of aromatic carboxylic acids is 1. The largest absolute Gasteiger partial charge is 0.477 e. The van der Waals surface area contributed by atoms with Crippen molar-refractivity contribution in [2.24, 2.45) is 0 Å². The molecule has 0 radical (unpaired) electrons. The first-order chi connectivity index (χ1) is 17.7. The Morgan fingerprint density at radius 2 is 1.95 bits per heavy atom. The third-order valence-electron chi connectivity index (χ3n) is 5.40. The molecular weight excluding hydrogens is 500 g/mol. The Hall–Kier alpha value is -4.71. The number of aromatic nitrogens is 4. The molecule has 13 heteroatoms. The van der Waals surface area contributed by atoms with Gasteiger partial charge < -0.3 is 26.8 Å². The normalized spacial score (nSPS) is 11.6. The molecule has 0 aliphatic carbocycles. The summed E-state index contributed by atoms with van der Waals surface area (Å²) in [5, 5.41) is 18.4. The van der Waals surface area contributed by atoms with Crippen LogP contribution >= 0.6 is 11.6 Å². The van der Waals surface area contributed by atoms with Gasteiger partial charge in [-0.3, -0.25) is 9.36 Å². The average molecular weight is 523 g/mol. The summed E-state index contributed by atoms with van der Waals surface area (Å²) in [6.07, 6.45) is 1.13. The first-order valence-electron chi connectivity index (χ1n) is 11.2. The number of fused-ring (bicyclic) bond motifs is 1. The van der Waals surface area contributed by atoms with Crippen LogP contribution in [0.3, 0.4) is 0 Å². The smallest absolute Gasteiger partial charge is 0.343 e. The van der Waals surface area contributed by atoms with E-state index < -0.39 is 23.6 Å². The molecule has 4 rings (SSSR count). The van der Waals surface area contributed by atoms with Gasteiger partial charge in [0.15, 0.2) is 0 Å². The van der Waals surface area contributed by atoms with Crippen molar-refractivity contribution in [3.05, 3.63) is 75.6 Å². The van der Waals surface area contributed by atoms with Crippen molar-refractivity contribution in [1.82, 2.24) is 24.8 Å². The van der Waals surface area contributed by atoms with E-state index >= 15 is 0 Å². The van der Waals surface area contributed by atoms with Gasteiger partial charge >= 0.3 is 12.0 Å². The number of carbonyl (C=O) groups excluding carboxylic acids is 1. The second-order valence-electron chi connectivity index (χ2n) is 7.93. The minimum absolute atomic E-state index is 0.0360. The lowest BCUT2D eigenvalue weighted by Gasteiger charge is -2.21. The van der Waals surface area contributed by atoms with E-state index in [1.807, 2.05) is 0 Å². The van der Waals surface area contributed by atoms with Gasteiger partial charge in [0.25, 0.3) is 5.56 Å². The number of rotatable bonds is 7. The first-order valence-corrected chi connectivity index (χ1v) is 11.6. The van der Waals surface area contributed by atoms with E-state index in [1.54, 1.807) is 56.3 Å². The molecule has 6 N–H and O–H groups in total. The first kappa shape index (κ1) is 25.4. The topological polar surface area (TPSA) is 177 Å². The molecule has 2 aromatic heterocycles. The Balaban J connectivity index is 1.89. The fourth-order valence-corrected chi connectivity index (χ4v) is 4.04. The van der Waals surface area contributed by atoms with Gasteiger partial charge in [-0.05, 0) is 44.2 Å². The number of halogens is 1.